The molecule has 1 aromatic heterocycles. The average Bonchev–Trinajstić information content (AvgIpc) is 3.13. The summed E-state index contributed by atoms with van der Waals surface area (Å²) in [6, 6.07) is 7.05. The SMILES string of the molecule is Cc1cc(C(=O)N[C@@H]2C[C@H]3CC[C@@H]2N3)cc2ccoc12. The van der Waals surface area contributed by atoms with E-state index in [0.717, 1.165) is 28.5 Å². The highest BCUT2D eigenvalue weighted by molar-refractivity contribution is 5.98. The first-order valence-electron chi connectivity index (χ1n) is 7.25. The van der Waals surface area contributed by atoms with Crippen molar-refractivity contribution in [3.63, 3.8) is 0 Å². The lowest BCUT2D eigenvalue weighted by Crippen LogP contribution is -2.42. The van der Waals surface area contributed by atoms with Crippen molar-refractivity contribution in [3.05, 3.63) is 35.6 Å². The molecule has 4 heteroatoms. The summed E-state index contributed by atoms with van der Waals surface area (Å²) in [4.78, 5) is 12.4. The molecule has 0 aliphatic carbocycles. The minimum absolute atomic E-state index is 0.0237. The molecule has 0 radical (unpaired) electrons. The van der Waals surface area contributed by atoms with Crippen molar-refractivity contribution in [1.29, 1.82) is 0 Å². The first kappa shape index (κ1) is 12.0. The summed E-state index contributed by atoms with van der Waals surface area (Å²) in [5.41, 5.74) is 2.59. The van der Waals surface area contributed by atoms with Gasteiger partial charge in [-0.15, -0.1) is 0 Å². The zero-order valence-corrected chi connectivity index (χ0v) is 11.5. The molecule has 2 aliphatic heterocycles. The fraction of sp³-hybridized carbons (Fsp3) is 0.438. The smallest absolute Gasteiger partial charge is 0.251 e. The summed E-state index contributed by atoms with van der Waals surface area (Å²) in [5.74, 6) is 0.0237. The summed E-state index contributed by atoms with van der Waals surface area (Å²) in [6.07, 6.45) is 5.15. The normalized spacial score (nSPS) is 28.1. The number of amides is 1. The molecule has 0 saturated carbocycles. The Balaban J connectivity index is 1.57. The van der Waals surface area contributed by atoms with Gasteiger partial charge in [0.05, 0.1) is 6.26 Å². The second kappa shape index (κ2) is 4.35. The number of furan rings is 1. The van der Waals surface area contributed by atoms with Crippen LogP contribution < -0.4 is 10.6 Å². The quantitative estimate of drug-likeness (QED) is 0.881. The maximum atomic E-state index is 12.4. The minimum atomic E-state index is 0.0237. The van der Waals surface area contributed by atoms with Gasteiger partial charge < -0.3 is 15.1 Å². The van der Waals surface area contributed by atoms with Crippen molar-refractivity contribution < 1.29 is 9.21 Å². The molecule has 4 nitrogen and oxygen atoms in total. The van der Waals surface area contributed by atoms with Crippen LogP contribution in [0.5, 0.6) is 0 Å². The third kappa shape index (κ3) is 1.83. The van der Waals surface area contributed by atoms with Gasteiger partial charge in [0.1, 0.15) is 5.58 Å². The van der Waals surface area contributed by atoms with E-state index in [1.54, 1.807) is 6.26 Å². The zero-order chi connectivity index (χ0) is 13.7. The van der Waals surface area contributed by atoms with Gasteiger partial charge in [0, 0.05) is 29.1 Å². The van der Waals surface area contributed by atoms with Crippen LogP contribution in [0.1, 0.15) is 35.2 Å². The Morgan fingerprint density at radius 2 is 2.30 bits per heavy atom. The van der Waals surface area contributed by atoms with Gasteiger partial charge in [-0.2, -0.15) is 0 Å². The topological polar surface area (TPSA) is 54.3 Å². The van der Waals surface area contributed by atoms with Gasteiger partial charge in [-0.05, 0) is 49.9 Å². The lowest BCUT2D eigenvalue weighted by Gasteiger charge is -2.21. The lowest BCUT2D eigenvalue weighted by molar-refractivity contribution is 0.0931. The van der Waals surface area contributed by atoms with Gasteiger partial charge in [-0.3, -0.25) is 4.79 Å². The molecule has 2 aliphatic rings. The van der Waals surface area contributed by atoms with Crippen LogP contribution in [0.25, 0.3) is 11.0 Å². The van der Waals surface area contributed by atoms with Gasteiger partial charge in [0.2, 0.25) is 0 Å². The van der Waals surface area contributed by atoms with Gasteiger partial charge in [-0.1, -0.05) is 0 Å². The van der Waals surface area contributed by atoms with Crippen molar-refractivity contribution in [3.8, 4) is 0 Å². The number of aryl methyl sites for hydroxylation is 1. The molecule has 1 amide bonds. The summed E-state index contributed by atoms with van der Waals surface area (Å²) in [6.45, 7) is 1.97. The average molecular weight is 270 g/mol. The summed E-state index contributed by atoms with van der Waals surface area (Å²) >= 11 is 0. The van der Waals surface area contributed by atoms with Gasteiger partial charge in [0.15, 0.2) is 0 Å². The highest BCUT2D eigenvalue weighted by atomic mass is 16.3. The van der Waals surface area contributed by atoms with E-state index in [1.165, 1.54) is 12.8 Å². The van der Waals surface area contributed by atoms with Gasteiger partial charge in [-0.25, -0.2) is 0 Å². The van der Waals surface area contributed by atoms with Crippen LogP contribution in [-0.2, 0) is 0 Å². The van der Waals surface area contributed by atoms with Crippen molar-refractivity contribution in [2.24, 2.45) is 0 Å². The van der Waals surface area contributed by atoms with Crippen molar-refractivity contribution >= 4 is 16.9 Å². The fourth-order valence-corrected chi connectivity index (χ4v) is 3.63. The van der Waals surface area contributed by atoms with Crippen LogP contribution in [0.4, 0.5) is 0 Å². The van der Waals surface area contributed by atoms with E-state index >= 15 is 0 Å². The minimum Gasteiger partial charge on any atom is -0.464 e. The molecule has 2 bridgehead atoms. The molecule has 104 valence electrons. The third-order valence-electron chi connectivity index (χ3n) is 4.62. The molecule has 2 N–H and O–H groups in total. The number of carbonyl (C=O) groups excluding carboxylic acids is 1. The third-order valence-corrected chi connectivity index (χ3v) is 4.62. The summed E-state index contributed by atoms with van der Waals surface area (Å²) in [5, 5.41) is 7.71. The second-order valence-corrected chi connectivity index (χ2v) is 6.00. The molecule has 0 unspecified atom stereocenters. The number of benzene rings is 1. The number of nitrogens with one attached hydrogen (secondary N) is 2. The van der Waals surface area contributed by atoms with E-state index in [9.17, 15) is 4.79 Å². The van der Waals surface area contributed by atoms with Crippen molar-refractivity contribution in [1.82, 2.24) is 10.6 Å². The summed E-state index contributed by atoms with van der Waals surface area (Å²) in [7, 11) is 0. The van der Waals surface area contributed by atoms with Gasteiger partial charge >= 0.3 is 0 Å². The van der Waals surface area contributed by atoms with E-state index in [0.29, 0.717) is 12.1 Å². The lowest BCUT2D eigenvalue weighted by atomic mass is 9.95. The molecule has 0 spiro atoms. The number of fused-ring (bicyclic) bond motifs is 3. The van der Waals surface area contributed by atoms with Crippen LogP contribution in [0.2, 0.25) is 0 Å². The maximum Gasteiger partial charge on any atom is 0.251 e. The van der Waals surface area contributed by atoms with Crippen molar-refractivity contribution in [2.45, 2.75) is 44.3 Å². The monoisotopic (exact) mass is 270 g/mol. The Hall–Kier alpha value is -1.81. The van der Waals surface area contributed by atoms with Crippen LogP contribution in [-0.4, -0.2) is 24.0 Å². The number of rotatable bonds is 2. The van der Waals surface area contributed by atoms with E-state index in [4.69, 9.17) is 4.42 Å². The molecule has 4 rings (SSSR count). The predicted molar refractivity (Wildman–Crippen MR) is 76.8 cm³/mol. The maximum absolute atomic E-state index is 12.4. The van der Waals surface area contributed by atoms with Crippen LogP contribution in [0, 0.1) is 6.92 Å². The van der Waals surface area contributed by atoms with Crippen molar-refractivity contribution in [2.75, 3.05) is 0 Å². The molecule has 20 heavy (non-hydrogen) atoms. The molecule has 3 heterocycles. The molecule has 3 atom stereocenters. The molecule has 1 aromatic carbocycles. The highest BCUT2D eigenvalue weighted by Gasteiger charge is 2.39. The molecular formula is C16H18N2O2. The van der Waals surface area contributed by atoms with Crippen LogP contribution >= 0.6 is 0 Å². The fourth-order valence-electron chi connectivity index (χ4n) is 3.63. The van der Waals surface area contributed by atoms with E-state index in [2.05, 4.69) is 10.6 Å². The largest absolute Gasteiger partial charge is 0.464 e. The Morgan fingerprint density at radius 1 is 1.40 bits per heavy atom. The molecular weight excluding hydrogens is 252 g/mol. The first-order valence-corrected chi connectivity index (χ1v) is 7.25. The van der Waals surface area contributed by atoms with Crippen LogP contribution in [0.3, 0.4) is 0 Å². The van der Waals surface area contributed by atoms with E-state index < -0.39 is 0 Å². The Bertz CT molecular complexity index is 676. The Kier molecular flexibility index (Phi) is 2.60. The first-order chi connectivity index (χ1) is 9.70. The van der Waals surface area contributed by atoms with E-state index in [1.807, 2.05) is 25.1 Å². The molecule has 2 saturated heterocycles. The second-order valence-electron chi connectivity index (χ2n) is 6.00. The Labute approximate surface area is 117 Å². The number of hydrogen-bond donors (Lipinski definition) is 2. The molecule has 2 aromatic rings. The zero-order valence-electron chi connectivity index (χ0n) is 11.5. The van der Waals surface area contributed by atoms with E-state index in [-0.39, 0.29) is 11.9 Å². The number of carbonyl (C=O) groups is 1. The summed E-state index contributed by atoms with van der Waals surface area (Å²) < 4.78 is 5.42. The predicted octanol–water partition coefficient (Wildman–Crippen LogP) is 2.36. The Morgan fingerprint density at radius 3 is 3.05 bits per heavy atom. The van der Waals surface area contributed by atoms with Gasteiger partial charge in [0.25, 0.3) is 5.91 Å². The molecule has 2 fully saturated rings. The number of hydrogen-bond acceptors (Lipinski definition) is 3. The van der Waals surface area contributed by atoms with Crippen LogP contribution in [0.15, 0.2) is 28.9 Å². The highest BCUT2D eigenvalue weighted by Crippen LogP contribution is 2.28. The standard InChI is InChI=1S/C16H18N2O2/c1-9-6-11(7-10-4-5-20-15(9)10)16(19)18-14-8-12-2-3-13(14)17-12/h4-7,12-14,17H,2-3,8H2,1H3,(H,18,19)/t12-,13+,14-/m1/s1.